The minimum Gasteiger partial charge on any atom is -0.347 e. The average Bonchev–Trinajstić information content (AvgIpc) is 3.36. The second kappa shape index (κ2) is 7.66. The van der Waals surface area contributed by atoms with Crippen molar-refractivity contribution in [2.45, 2.75) is 63.1 Å². The van der Waals surface area contributed by atoms with Crippen molar-refractivity contribution in [3.8, 4) is 0 Å². The van der Waals surface area contributed by atoms with Crippen molar-refractivity contribution in [3.63, 3.8) is 0 Å². The van der Waals surface area contributed by atoms with Gasteiger partial charge in [-0.2, -0.15) is 0 Å². The molecule has 2 fully saturated rings. The van der Waals surface area contributed by atoms with Crippen molar-refractivity contribution in [2.24, 2.45) is 5.92 Å². The number of hydrogen-bond acceptors (Lipinski definition) is 2. The highest BCUT2D eigenvalue weighted by atomic mass is 16.2. The lowest BCUT2D eigenvalue weighted by atomic mass is 9.84. The molecular formula is C25H28N2O2. The van der Waals surface area contributed by atoms with Crippen LogP contribution in [0.5, 0.6) is 0 Å². The van der Waals surface area contributed by atoms with Crippen LogP contribution < -0.4 is 5.32 Å². The quantitative estimate of drug-likeness (QED) is 0.854. The van der Waals surface area contributed by atoms with Crippen LogP contribution >= 0.6 is 0 Å². The Bertz CT molecular complexity index is 910. The largest absolute Gasteiger partial charge is 0.347 e. The molecule has 1 saturated carbocycles. The molecule has 4 nitrogen and oxygen atoms in total. The van der Waals surface area contributed by atoms with E-state index in [-0.39, 0.29) is 29.9 Å². The monoisotopic (exact) mass is 388 g/mol. The molecular weight excluding hydrogens is 360 g/mol. The van der Waals surface area contributed by atoms with Gasteiger partial charge in [0.05, 0.1) is 6.04 Å². The molecule has 5 rings (SSSR count). The van der Waals surface area contributed by atoms with Gasteiger partial charge in [-0.05, 0) is 61.3 Å². The van der Waals surface area contributed by atoms with E-state index >= 15 is 0 Å². The minimum atomic E-state index is -0.358. The third kappa shape index (κ3) is 3.35. The zero-order valence-electron chi connectivity index (χ0n) is 16.7. The van der Waals surface area contributed by atoms with Crippen LogP contribution in [0.25, 0.3) is 0 Å². The molecule has 29 heavy (non-hydrogen) atoms. The van der Waals surface area contributed by atoms with Crippen molar-refractivity contribution in [1.29, 1.82) is 0 Å². The first-order valence-electron chi connectivity index (χ1n) is 11.0. The van der Waals surface area contributed by atoms with E-state index in [4.69, 9.17) is 0 Å². The van der Waals surface area contributed by atoms with Gasteiger partial charge < -0.3 is 10.2 Å². The lowest BCUT2D eigenvalue weighted by Gasteiger charge is -2.34. The molecule has 1 heterocycles. The Morgan fingerprint density at radius 2 is 1.66 bits per heavy atom. The third-order valence-electron chi connectivity index (χ3n) is 7.10. The molecule has 0 spiro atoms. The van der Waals surface area contributed by atoms with Crippen LogP contribution in [0, 0.1) is 5.92 Å². The first kappa shape index (κ1) is 18.4. The maximum absolute atomic E-state index is 13.4. The summed E-state index contributed by atoms with van der Waals surface area (Å²) in [6.45, 7) is 0. The second-order valence-corrected chi connectivity index (χ2v) is 8.74. The molecule has 0 aromatic heterocycles. The van der Waals surface area contributed by atoms with Gasteiger partial charge in [0.2, 0.25) is 5.91 Å². The standard InChI is InChI=1S/C25H28N2O2/c28-24(26-21-15-14-17-8-4-6-12-20(17)21)23-16-19-11-5-7-13-22(19)27(23)25(29)18-9-2-1-3-10-18/h1-4,6,8-10,12,19,21-23H,5,7,11,13-16H2,(H,26,28). The number of nitrogens with one attached hydrogen (secondary N) is 1. The molecule has 2 aromatic carbocycles. The molecule has 3 aliphatic rings. The highest BCUT2D eigenvalue weighted by Crippen LogP contribution is 2.41. The van der Waals surface area contributed by atoms with Crippen molar-refractivity contribution < 1.29 is 9.59 Å². The fourth-order valence-corrected chi connectivity index (χ4v) is 5.69. The highest BCUT2D eigenvalue weighted by molar-refractivity contribution is 5.98. The molecule has 1 N–H and O–H groups in total. The summed E-state index contributed by atoms with van der Waals surface area (Å²) in [7, 11) is 0. The van der Waals surface area contributed by atoms with Gasteiger partial charge in [0.25, 0.3) is 5.91 Å². The lowest BCUT2D eigenvalue weighted by Crippen LogP contribution is -2.50. The average molecular weight is 389 g/mol. The summed E-state index contributed by atoms with van der Waals surface area (Å²) in [5.41, 5.74) is 3.25. The summed E-state index contributed by atoms with van der Waals surface area (Å²) >= 11 is 0. The Kier molecular flexibility index (Phi) is 4.86. The van der Waals surface area contributed by atoms with E-state index in [9.17, 15) is 9.59 Å². The molecule has 2 aliphatic carbocycles. The van der Waals surface area contributed by atoms with Crippen LogP contribution in [0.2, 0.25) is 0 Å². The number of aryl methyl sites for hydroxylation is 1. The summed E-state index contributed by atoms with van der Waals surface area (Å²) in [5, 5.41) is 3.29. The van der Waals surface area contributed by atoms with Crippen LogP contribution in [-0.2, 0) is 11.2 Å². The maximum atomic E-state index is 13.4. The van der Waals surface area contributed by atoms with Gasteiger partial charge in [0.15, 0.2) is 0 Å². The number of rotatable bonds is 3. The van der Waals surface area contributed by atoms with E-state index in [1.54, 1.807) is 0 Å². The highest BCUT2D eigenvalue weighted by Gasteiger charge is 2.48. The zero-order valence-corrected chi connectivity index (χ0v) is 16.7. The first-order chi connectivity index (χ1) is 14.2. The van der Waals surface area contributed by atoms with E-state index in [0.29, 0.717) is 11.5 Å². The zero-order chi connectivity index (χ0) is 19.8. The summed E-state index contributed by atoms with van der Waals surface area (Å²) < 4.78 is 0. The summed E-state index contributed by atoms with van der Waals surface area (Å²) in [6.07, 6.45) is 7.23. The Morgan fingerprint density at radius 3 is 2.52 bits per heavy atom. The molecule has 1 saturated heterocycles. The lowest BCUT2D eigenvalue weighted by molar-refractivity contribution is -0.126. The van der Waals surface area contributed by atoms with Crippen LogP contribution in [0.4, 0.5) is 0 Å². The van der Waals surface area contributed by atoms with E-state index in [1.807, 2.05) is 41.3 Å². The van der Waals surface area contributed by atoms with Crippen molar-refractivity contribution in [1.82, 2.24) is 10.2 Å². The van der Waals surface area contributed by atoms with Gasteiger partial charge in [-0.3, -0.25) is 9.59 Å². The Morgan fingerprint density at radius 1 is 0.897 bits per heavy atom. The molecule has 2 amide bonds. The molecule has 0 radical (unpaired) electrons. The van der Waals surface area contributed by atoms with Crippen LogP contribution in [0.15, 0.2) is 54.6 Å². The van der Waals surface area contributed by atoms with Crippen molar-refractivity contribution >= 4 is 11.8 Å². The summed E-state index contributed by atoms with van der Waals surface area (Å²) in [6, 6.07) is 17.7. The van der Waals surface area contributed by atoms with Crippen molar-refractivity contribution in [2.75, 3.05) is 0 Å². The molecule has 150 valence electrons. The topological polar surface area (TPSA) is 49.4 Å². The smallest absolute Gasteiger partial charge is 0.254 e. The van der Waals surface area contributed by atoms with E-state index in [0.717, 1.165) is 38.5 Å². The molecule has 4 atom stereocenters. The van der Waals surface area contributed by atoms with E-state index in [1.165, 1.54) is 17.5 Å². The molecule has 0 bridgehead atoms. The SMILES string of the molecule is O=C(NC1CCc2ccccc21)C1CC2CCCCC2N1C(=O)c1ccccc1. The number of hydrogen-bond donors (Lipinski definition) is 1. The fraction of sp³-hybridized carbons (Fsp3) is 0.440. The second-order valence-electron chi connectivity index (χ2n) is 8.74. The summed E-state index contributed by atoms with van der Waals surface area (Å²) in [4.78, 5) is 28.7. The Balaban J connectivity index is 1.40. The van der Waals surface area contributed by atoms with Crippen LogP contribution in [0.3, 0.4) is 0 Å². The predicted octanol–water partition coefficient (Wildman–Crippen LogP) is 4.26. The van der Waals surface area contributed by atoms with Gasteiger partial charge in [0, 0.05) is 11.6 Å². The number of likely N-dealkylation sites (tertiary alicyclic amines) is 1. The van der Waals surface area contributed by atoms with Crippen LogP contribution in [0.1, 0.15) is 66.1 Å². The first-order valence-corrected chi connectivity index (χ1v) is 11.0. The number of amides is 2. The van der Waals surface area contributed by atoms with Gasteiger partial charge in [-0.15, -0.1) is 0 Å². The van der Waals surface area contributed by atoms with E-state index < -0.39 is 0 Å². The van der Waals surface area contributed by atoms with Gasteiger partial charge >= 0.3 is 0 Å². The fourth-order valence-electron chi connectivity index (χ4n) is 5.69. The van der Waals surface area contributed by atoms with Gasteiger partial charge in [0.1, 0.15) is 6.04 Å². The molecule has 4 heteroatoms. The third-order valence-corrected chi connectivity index (χ3v) is 7.10. The number of fused-ring (bicyclic) bond motifs is 2. The summed E-state index contributed by atoms with van der Waals surface area (Å²) in [5.74, 6) is 0.473. The Hall–Kier alpha value is -2.62. The number of carbonyl (C=O) groups is 2. The van der Waals surface area contributed by atoms with E-state index in [2.05, 4.69) is 23.5 Å². The number of nitrogens with zero attached hydrogens (tertiary/aromatic N) is 1. The maximum Gasteiger partial charge on any atom is 0.254 e. The van der Waals surface area contributed by atoms with Gasteiger partial charge in [-0.25, -0.2) is 0 Å². The predicted molar refractivity (Wildman–Crippen MR) is 112 cm³/mol. The molecule has 1 aliphatic heterocycles. The normalized spacial score (nSPS) is 27.9. The van der Waals surface area contributed by atoms with Gasteiger partial charge in [-0.1, -0.05) is 55.3 Å². The molecule has 4 unspecified atom stereocenters. The Labute approximate surface area is 172 Å². The molecule has 2 aromatic rings. The van der Waals surface area contributed by atoms with Crippen LogP contribution in [-0.4, -0.2) is 28.8 Å². The number of carbonyl (C=O) groups excluding carboxylic acids is 2. The number of benzene rings is 2. The minimum absolute atomic E-state index is 0.00646. The van der Waals surface area contributed by atoms with Crippen molar-refractivity contribution in [3.05, 3.63) is 71.3 Å².